The molecular weight excluding hydrogens is 440 g/mol. The zero-order chi connectivity index (χ0) is 25.1. The normalized spacial score (nSPS) is 43.7. The molecule has 1 aromatic rings. The van der Waals surface area contributed by atoms with E-state index in [0.717, 1.165) is 68.4 Å². The van der Waals surface area contributed by atoms with Crippen LogP contribution < -0.4 is 11.5 Å². The van der Waals surface area contributed by atoms with Crippen molar-refractivity contribution in [3.8, 4) is 0 Å². The van der Waals surface area contributed by atoms with Gasteiger partial charge in [0.15, 0.2) is 5.78 Å². The molecule has 5 aliphatic carbocycles. The van der Waals surface area contributed by atoms with E-state index in [1.54, 1.807) is 0 Å². The molecule has 0 bridgehead atoms. The van der Waals surface area contributed by atoms with Crippen LogP contribution in [0.2, 0.25) is 0 Å². The molecule has 0 radical (unpaired) electrons. The summed E-state index contributed by atoms with van der Waals surface area (Å²) in [5.74, 6) is 2.56. The molecule has 36 heavy (non-hydrogen) atoms. The number of carbonyl (C=O) groups is 1. The summed E-state index contributed by atoms with van der Waals surface area (Å²) in [6, 6.07) is 8.28. The van der Waals surface area contributed by atoms with Gasteiger partial charge in [-0.15, -0.1) is 0 Å². The average molecular weight is 485 g/mol. The lowest BCUT2D eigenvalue weighted by Crippen LogP contribution is -2.73. The third-order valence-corrected chi connectivity index (χ3v) is 11.5. The number of rotatable bonds is 3. The number of fused-ring (bicyclic) bond motifs is 5. The van der Waals surface area contributed by atoms with E-state index < -0.39 is 0 Å². The lowest BCUT2D eigenvalue weighted by molar-refractivity contribution is -0.0942. The molecule has 0 heterocycles. The molecular formula is C33H44N2O. The number of carbonyl (C=O) groups excluding carboxylic acids is 1. The first-order valence-electron chi connectivity index (χ1n) is 14.5. The molecule has 0 aliphatic heterocycles. The van der Waals surface area contributed by atoms with Crippen molar-refractivity contribution in [3.05, 3.63) is 65.8 Å². The highest BCUT2D eigenvalue weighted by Crippen LogP contribution is 2.66. The van der Waals surface area contributed by atoms with E-state index in [2.05, 4.69) is 62.4 Å². The van der Waals surface area contributed by atoms with Gasteiger partial charge >= 0.3 is 0 Å². The summed E-state index contributed by atoms with van der Waals surface area (Å²) < 4.78 is 0. The molecule has 3 nitrogen and oxygen atoms in total. The van der Waals surface area contributed by atoms with Gasteiger partial charge in [-0.2, -0.15) is 0 Å². The molecule has 3 unspecified atom stereocenters. The monoisotopic (exact) mass is 484 g/mol. The fourth-order valence-electron chi connectivity index (χ4n) is 9.72. The van der Waals surface area contributed by atoms with Crippen LogP contribution in [0.1, 0.15) is 94.0 Å². The largest absolute Gasteiger partial charge is 0.325 e. The highest BCUT2D eigenvalue weighted by molar-refractivity contribution is 6.03. The lowest BCUT2D eigenvalue weighted by Gasteiger charge is -2.65. The second kappa shape index (κ2) is 8.81. The van der Waals surface area contributed by atoms with Crippen LogP contribution in [0, 0.1) is 35.0 Å². The van der Waals surface area contributed by atoms with Crippen molar-refractivity contribution in [2.24, 2.45) is 46.5 Å². The molecule has 3 heteroatoms. The smallest absolute Gasteiger partial charge is 0.167 e. The van der Waals surface area contributed by atoms with Gasteiger partial charge in [-0.3, -0.25) is 4.79 Å². The number of ketones is 1. The Morgan fingerprint density at radius 3 is 2.56 bits per heavy atom. The topological polar surface area (TPSA) is 69.1 Å². The van der Waals surface area contributed by atoms with Crippen LogP contribution in [0.4, 0.5) is 0 Å². The van der Waals surface area contributed by atoms with Crippen molar-refractivity contribution in [1.29, 1.82) is 0 Å². The Hall–Kier alpha value is -1.97. The first-order chi connectivity index (χ1) is 17.3. The minimum Gasteiger partial charge on any atom is -0.325 e. The van der Waals surface area contributed by atoms with Crippen molar-refractivity contribution in [2.75, 3.05) is 0 Å². The predicted molar refractivity (Wildman–Crippen MR) is 148 cm³/mol. The number of nitrogens with two attached hydrogens (primary N) is 2. The van der Waals surface area contributed by atoms with Gasteiger partial charge in [0.05, 0.1) is 0 Å². The zero-order valence-electron chi connectivity index (χ0n) is 22.2. The fraction of sp³-hybridized carbons (Fsp3) is 0.606. The maximum Gasteiger partial charge on any atom is 0.167 e. The summed E-state index contributed by atoms with van der Waals surface area (Å²) in [4.78, 5) is 14.3. The van der Waals surface area contributed by atoms with Crippen molar-refractivity contribution in [3.63, 3.8) is 0 Å². The van der Waals surface area contributed by atoms with Crippen molar-refractivity contribution >= 4 is 11.4 Å². The molecule has 0 spiro atoms. The zero-order valence-corrected chi connectivity index (χ0v) is 22.2. The Labute approximate surface area is 217 Å². The van der Waals surface area contributed by atoms with Gasteiger partial charge in [-0.1, -0.05) is 68.5 Å². The van der Waals surface area contributed by atoms with Crippen molar-refractivity contribution in [2.45, 2.75) is 89.1 Å². The third-order valence-electron chi connectivity index (χ3n) is 11.5. The minimum atomic E-state index is -0.229. The Morgan fingerprint density at radius 2 is 1.69 bits per heavy atom. The Kier molecular flexibility index (Phi) is 5.96. The first kappa shape index (κ1) is 24.4. The second-order valence-electron chi connectivity index (χ2n) is 13.2. The Morgan fingerprint density at radius 1 is 0.889 bits per heavy atom. The molecule has 0 saturated heterocycles. The molecule has 1 aromatic carbocycles. The number of hydrogen-bond acceptors (Lipinski definition) is 3. The number of allylic oxidation sites excluding steroid dienone is 6. The van der Waals surface area contributed by atoms with Gasteiger partial charge in [-0.05, 0) is 104 Å². The Bertz CT molecular complexity index is 1130. The lowest BCUT2D eigenvalue weighted by atomic mass is 9.43. The summed E-state index contributed by atoms with van der Waals surface area (Å²) in [6.07, 6.45) is 21.5. The minimum absolute atomic E-state index is 0.0420. The number of benzene rings is 1. The van der Waals surface area contributed by atoms with Crippen LogP contribution in [0.15, 0.2) is 54.6 Å². The van der Waals surface area contributed by atoms with Crippen LogP contribution in [0.25, 0.3) is 5.57 Å². The summed E-state index contributed by atoms with van der Waals surface area (Å²) in [5, 5.41) is 0. The molecule has 192 valence electrons. The van der Waals surface area contributed by atoms with Crippen LogP contribution in [-0.2, 0) is 0 Å². The van der Waals surface area contributed by atoms with Crippen LogP contribution in [0.5, 0.6) is 0 Å². The van der Waals surface area contributed by atoms with E-state index in [-0.39, 0.29) is 22.4 Å². The summed E-state index contributed by atoms with van der Waals surface area (Å²) in [7, 11) is 0. The number of hydrogen-bond donors (Lipinski definition) is 2. The van der Waals surface area contributed by atoms with E-state index in [1.165, 1.54) is 18.4 Å². The Balaban J connectivity index is 1.31. The summed E-state index contributed by atoms with van der Waals surface area (Å²) in [5.41, 5.74) is 17.7. The van der Waals surface area contributed by atoms with Crippen molar-refractivity contribution in [1.82, 2.24) is 0 Å². The molecule has 6 rings (SSSR count). The molecule has 8 atom stereocenters. The quantitative estimate of drug-likeness (QED) is 0.462. The maximum absolute atomic E-state index is 14.3. The van der Waals surface area contributed by atoms with Gasteiger partial charge < -0.3 is 11.5 Å². The van der Waals surface area contributed by atoms with E-state index in [9.17, 15) is 4.79 Å². The van der Waals surface area contributed by atoms with Gasteiger partial charge in [0.1, 0.15) is 0 Å². The van der Waals surface area contributed by atoms with Gasteiger partial charge in [0.25, 0.3) is 0 Å². The fourth-order valence-corrected chi connectivity index (χ4v) is 9.72. The predicted octanol–water partition coefficient (Wildman–Crippen LogP) is 6.84. The molecule has 4 fully saturated rings. The highest BCUT2D eigenvalue weighted by atomic mass is 16.1. The molecule has 4 N–H and O–H groups in total. The third kappa shape index (κ3) is 3.56. The van der Waals surface area contributed by atoms with Crippen LogP contribution >= 0.6 is 0 Å². The van der Waals surface area contributed by atoms with E-state index in [4.69, 9.17) is 11.5 Å². The highest BCUT2D eigenvalue weighted by Gasteiger charge is 2.66. The van der Waals surface area contributed by atoms with Crippen LogP contribution in [0.3, 0.4) is 0 Å². The molecule has 0 aromatic heterocycles. The average Bonchev–Trinajstić information content (AvgIpc) is 3.03. The van der Waals surface area contributed by atoms with Crippen molar-refractivity contribution < 1.29 is 4.79 Å². The van der Waals surface area contributed by atoms with Crippen LogP contribution in [-0.4, -0.2) is 16.9 Å². The number of Topliss-reactive ketones (excluding diaryl/α,β-unsaturated/α-hetero) is 1. The maximum atomic E-state index is 14.3. The summed E-state index contributed by atoms with van der Waals surface area (Å²) >= 11 is 0. The van der Waals surface area contributed by atoms with E-state index in [1.807, 2.05) is 6.07 Å². The van der Waals surface area contributed by atoms with E-state index in [0.29, 0.717) is 23.5 Å². The standard InChI is InChI=1S/C33H44N2O/c1-22-15-19-32(34)24(21-22)16-20-33(35)28-14-13-27(31(28,2)18-17-29(32)33)30(36)26-12-8-7-11-25(26)23-9-5-3-4-6-10-23/h3-9,11-12,22,24,27-29H,10,13-21,34-35H2,1-2H3/t22-,24?,27+,28?,29?,31+,32+,33+/m0/s1. The SMILES string of the molecule is C[C@H]1CC[C@@]2(N)C(CC[C@]3(N)C2CC[C@@]2(C)C3CC[C@@H]2C(=O)c2ccccc2C2=CC=CC=CC2)C1. The second-order valence-corrected chi connectivity index (χ2v) is 13.2. The molecule has 0 amide bonds. The van der Waals surface area contributed by atoms with Gasteiger partial charge in [0.2, 0.25) is 0 Å². The van der Waals surface area contributed by atoms with E-state index >= 15 is 0 Å². The summed E-state index contributed by atoms with van der Waals surface area (Å²) in [6.45, 7) is 4.79. The molecule has 4 saturated carbocycles. The van der Waals surface area contributed by atoms with Gasteiger partial charge in [-0.25, -0.2) is 0 Å². The first-order valence-corrected chi connectivity index (χ1v) is 14.5. The molecule has 5 aliphatic rings. The van der Waals surface area contributed by atoms with Gasteiger partial charge in [0, 0.05) is 22.6 Å².